The Morgan fingerprint density at radius 2 is 1.92 bits per heavy atom. The number of amidine groups is 2. The van der Waals surface area contributed by atoms with Crippen LogP contribution >= 0.6 is 11.6 Å². The lowest BCUT2D eigenvalue weighted by Gasteiger charge is -2.36. The topological polar surface area (TPSA) is 71.2 Å². The number of rotatable bonds is 2. The maximum atomic E-state index is 12.9. The van der Waals surface area contributed by atoms with Crippen molar-refractivity contribution in [2.45, 2.75) is 19.0 Å². The van der Waals surface area contributed by atoms with Gasteiger partial charge in [0, 0.05) is 19.0 Å². The molecule has 0 radical (unpaired) electrons. The van der Waals surface area contributed by atoms with E-state index in [1.54, 1.807) is 4.90 Å². The standard InChI is InChI=1S/C16H16ClF3N4O/c17-13-10(2-1-3-11(13)16(18,19)20)15(25)23-6-7-24(12(21)8-23)14(22)9-4-5-9/h1-3,9,21-22H,4-8H2. The van der Waals surface area contributed by atoms with Crippen molar-refractivity contribution in [2.75, 3.05) is 19.6 Å². The van der Waals surface area contributed by atoms with E-state index < -0.39 is 22.7 Å². The highest BCUT2D eigenvalue weighted by Crippen LogP contribution is 2.37. The van der Waals surface area contributed by atoms with Gasteiger partial charge in [-0.2, -0.15) is 13.2 Å². The van der Waals surface area contributed by atoms with Gasteiger partial charge in [-0.1, -0.05) is 17.7 Å². The number of carbonyl (C=O) groups excluding carboxylic acids is 1. The summed E-state index contributed by atoms with van der Waals surface area (Å²) in [6.07, 6.45) is -2.77. The second-order valence-corrected chi connectivity index (χ2v) is 6.53. The van der Waals surface area contributed by atoms with Crippen molar-refractivity contribution in [2.24, 2.45) is 5.92 Å². The highest BCUT2D eigenvalue weighted by atomic mass is 35.5. The summed E-state index contributed by atoms with van der Waals surface area (Å²) >= 11 is 5.81. The number of alkyl halides is 3. The highest BCUT2D eigenvalue weighted by Gasteiger charge is 2.37. The van der Waals surface area contributed by atoms with Crippen LogP contribution in [0.15, 0.2) is 18.2 Å². The van der Waals surface area contributed by atoms with Crippen molar-refractivity contribution in [1.82, 2.24) is 9.80 Å². The van der Waals surface area contributed by atoms with E-state index in [0.29, 0.717) is 5.84 Å². The number of amides is 1. The largest absolute Gasteiger partial charge is 0.417 e. The minimum Gasteiger partial charge on any atom is -0.329 e. The number of hydrogen-bond acceptors (Lipinski definition) is 3. The molecule has 1 aromatic rings. The zero-order chi connectivity index (χ0) is 18.4. The molecule has 0 aromatic heterocycles. The summed E-state index contributed by atoms with van der Waals surface area (Å²) in [4.78, 5) is 15.4. The van der Waals surface area contributed by atoms with Gasteiger partial charge in [0.2, 0.25) is 0 Å². The van der Waals surface area contributed by atoms with Crippen LogP contribution in [0.3, 0.4) is 0 Å². The molecule has 1 aliphatic heterocycles. The second kappa shape index (κ2) is 6.33. The molecule has 134 valence electrons. The van der Waals surface area contributed by atoms with E-state index in [4.69, 9.17) is 22.4 Å². The van der Waals surface area contributed by atoms with Gasteiger partial charge in [-0.05, 0) is 25.0 Å². The van der Waals surface area contributed by atoms with Crippen molar-refractivity contribution < 1.29 is 18.0 Å². The van der Waals surface area contributed by atoms with Gasteiger partial charge in [0.05, 0.1) is 22.7 Å². The Morgan fingerprint density at radius 3 is 2.48 bits per heavy atom. The summed E-state index contributed by atoms with van der Waals surface area (Å²) in [6, 6.07) is 3.23. The molecule has 3 rings (SSSR count). The van der Waals surface area contributed by atoms with Crippen LogP contribution in [0.1, 0.15) is 28.8 Å². The summed E-state index contributed by atoms with van der Waals surface area (Å²) in [5.41, 5.74) is -1.28. The third-order valence-corrected chi connectivity index (χ3v) is 4.74. The number of carbonyl (C=O) groups is 1. The van der Waals surface area contributed by atoms with Gasteiger partial charge in [0.15, 0.2) is 0 Å². The molecule has 0 unspecified atom stereocenters. The van der Waals surface area contributed by atoms with E-state index in [-0.39, 0.29) is 37.0 Å². The van der Waals surface area contributed by atoms with E-state index in [2.05, 4.69) is 0 Å². The molecule has 9 heteroatoms. The van der Waals surface area contributed by atoms with Gasteiger partial charge in [-0.15, -0.1) is 0 Å². The Kier molecular flexibility index (Phi) is 4.49. The smallest absolute Gasteiger partial charge is 0.329 e. The van der Waals surface area contributed by atoms with Gasteiger partial charge in [-0.3, -0.25) is 15.6 Å². The lowest BCUT2D eigenvalue weighted by molar-refractivity contribution is -0.137. The van der Waals surface area contributed by atoms with Gasteiger partial charge in [0.1, 0.15) is 11.7 Å². The van der Waals surface area contributed by atoms with E-state index in [1.807, 2.05) is 0 Å². The van der Waals surface area contributed by atoms with Gasteiger partial charge in [-0.25, -0.2) is 0 Å². The predicted octanol–water partition coefficient (Wildman–Crippen LogP) is 3.48. The SMILES string of the molecule is N=C1CN(C(=O)c2cccc(C(F)(F)F)c2Cl)CCN1C(=N)C1CC1. The second-order valence-electron chi connectivity index (χ2n) is 6.15. The molecule has 5 nitrogen and oxygen atoms in total. The summed E-state index contributed by atoms with van der Waals surface area (Å²) in [7, 11) is 0. The fraction of sp³-hybridized carbons (Fsp3) is 0.438. The fourth-order valence-corrected chi connectivity index (χ4v) is 3.12. The average molecular weight is 373 g/mol. The molecule has 1 aliphatic carbocycles. The molecular formula is C16H16ClF3N4O. The highest BCUT2D eigenvalue weighted by molar-refractivity contribution is 6.34. The van der Waals surface area contributed by atoms with Crippen LogP contribution < -0.4 is 0 Å². The van der Waals surface area contributed by atoms with Crippen LogP contribution in [0.25, 0.3) is 0 Å². The number of benzene rings is 1. The fourth-order valence-electron chi connectivity index (χ4n) is 2.80. The summed E-state index contributed by atoms with van der Waals surface area (Å²) < 4.78 is 38.8. The molecule has 25 heavy (non-hydrogen) atoms. The minimum absolute atomic E-state index is 0.0551. The Hall–Kier alpha value is -2.09. The van der Waals surface area contributed by atoms with Crippen molar-refractivity contribution >= 4 is 29.2 Å². The molecule has 2 fully saturated rings. The van der Waals surface area contributed by atoms with Crippen molar-refractivity contribution in [3.8, 4) is 0 Å². The molecule has 0 atom stereocenters. The zero-order valence-corrected chi connectivity index (χ0v) is 13.9. The minimum atomic E-state index is -4.64. The molecule has 2 aliphatic rings. The maximum absolute atomic E-state index is 12.9. The van der Waals surface area contributed by atoms with Crippen LogP contribution in [0.4, 0.5) is 13.2 Å². The molecule has 1 aromatic carbocycles. The molecule has 1 saturated carbocycles. The number of nitrogens with zero attached hydrogens (tertiary/aromatic N) is 2. The van der Waals surface area contributed by atoms with Crippen LogP contribution in [-0.2, 0) is 6.18 Å². The first-order valence-corrected chi connectivity index (χ1v) is 8.16. The van der Waals surface area contributed by atoms with Crippen molar-refractivity contribution in [3.63, 3.8) is 0 Å². The Balaban J connectivity index is 1.76. The number of nitrogens with one attached hydrogen (secondary N) is 2. The first-order chi connectivity index (χ1) is 11.7. The van der Waals surface area contributed by atoms with Crippen LogP contribution in [-0.4, -0.2) is 47.0 Å². The molecular weight excluding hydrogens is 357 g/mol. The molecule has 1 amide bonds. The Labute approximate surface area is 147 Å². The predicted molar refractivity (Wildman–Crippen MR) is 87.2 cm³/mol. The third kappa shape index (κ3) is 3.49. The van der Waals surface area contributed by atoms with Crippen LogP contribution in [0, 0.1) is 16.7 Å². The average Bonchev–Trinajstić information content (AvgIpc) is 3.37. The van der Waals surface area contributed by atoms with E-state index in [1.165, 1.54) is 11.0 Å². The lowest BCUT2D eigenvalue weighted by atomic mass is 10.1. The zero-order valence-electron chi connectivity index (χ0n) is 13.2. The molecule has 1 saturated heterocycles. The van der Waals surface area contributed by atoms with E-state index in [9.17, 15) is 18.0 Å². The summed E-state index contributed by atoms with van der Waals surface area (Å²) in [5.74, 6) is 0.0211. The monoisotopic (exact) mass is 372 g/mol. The van der Waals surface area contributed by atoms with E-state index >= 15 is 0 Å². The summed E-state index contributed by atoms with van der Waals surface area (Å²) in [6.45, 7) is 0.458. The van der Waals surface area contributed by atoms with Crippen LogP contribution in [0.2, 0.25) is 5.02 Å². The first-order valence-electron chi connectivity index (χ1n) is 7.78. The Bertz CT molecular complexity index is 745. The number of piperazine rings is 1. The molecule has 2 N–H and O–H groups in total. The molecule has 0 spiro atoms. The van der Waals surface area contributed by atoms with Crippen LogP contribution in [0.5, 0.6) is 0 Å². The molecule has 0 bridgehead atoms. The maximum Gasteiger partial charge on any atom is 0.417 e. The molecule has 1 heterocycles. The van der Waals surface area contributed by atoms with Gasteiger partial charge >= 0.3 is 6.18 Å². The van der Waals surface area contributed by atoms with Gasteiger partial charge < -0.3 is 9.80 Å². The number of hydrogen-bond donors (Lipinski definition) is 2. The van der Waals surface area contributed by atoms with Crippen molar-refractivity contribution in [1.29, 1.82) is 10.8 Å². The first kappa shape index (κ1) is 17.7. The van der Waals surface area contributed by atoms with Crippen molar-refractivity contribution in [3.05, 3.63) is 34.3 Å². The quantitative estimate of drug-likeness (QED) is 0.616. The lowest BCUT2D eigenvalue weighted by Crippen LogP contribution is -2.54. The number of halogens is 4. The normalized spacial score (nSPS) is 18.5. The third-order valence-electron chi connectivity index (χ3n) is 4.34. The van der Waals surface area contributed by atoms with Gasteiger partial charge in [0.25, 0.3) is 5.91 Å². The summed E-state index contributed by atoms with van der Waals surface area (Å²) in [5, 5.41) is 15.5. The van der Waals surface area contributed by atoms with E-state index in [0.717, 1.165) is 25.0 Å². The Morgan fingerprint density at radius 1 is 1.24 bits per heavy atom.